The molecule has 0 aliphatic heterocycles. The topological polar surface area (TPSA) is 17.1 Å². The molecule has 4 heavy (non-hydrogen) atoms. The molecule has 0 saturated carbocycles. The van der Waals surface area contributed by atoms with Gasteiger partial charge in [0.25, 0.3) is 0 Å². The van der Waals surface area contributed by atoms with Crippen molar-refractivity contribution >= 4 is 48.9 Å². The van der Waals surface area contributed by atoms with Crippen molar-refractivity contribution in [3.8, 4) is 0 Å². The van der Waals surface area contributed by atoms with E-state index in [-0.39, 0.29) is 80.0 Å². The summed E-state index contributed by atoms with van der Waals surface area (Å²) in [5, 5.41) is 0. The number of hydrogen-bond donors (Lipinski definition) is 0. The van der Waals surface area contributed by atoms with Crippen molar-refractivity contribution in [2.45, 2.75) is 0 Å². The summed E-state index contributed by atoms with van der Waals surface area (Å²) in [5.41, 5.74) is 0. The summed E-state index contributed by atoms with van der Waals surface area (Å²) in [6, 6.07) is 0. The molecular weight excluding hydrogens is 455 g/mol. The minimum atomic E-state index is 0. The van der Waals surface area contributed by atoms with Crippen LogP contribution in [0.2, 0.25) is 0 Å². The van der Waals surface area contributed by atoms with E-state index < -0.39 is 0 Å². The fourth-order valence-corrected chi connectivity index (χ4v) is 0. The minimum absolute atomic E-state index is 0. The molecule has 0 fully saturated rings. The van der Waals surface area contributed by atoms with Gasteiger partial charge in [-0.3, -0.25) is 0 Å². The average Bonchev–Trinajstić information content (AvgIpc) is 1.00. The summed E-state index contributed by atoms with van der Waals surface area (Å²) in [6.07, 6.45) is 0. The van der Waals surface area contributed by atoms with Crippen molar-refractivity contribution in [3.05, 3.63) is 0 Å². The smallest absolute Gasteiger partial charge is 0 e. The molecule has 0 rings (SSSR count). The molecule has 0 aromatic heterocycles. The molecule has 0 saturated heterocycles. The Bertz CT molecular complexity index is 8.00. The Balaban J connectivity index is -0.00000000500. The van der Waals surface area contributed by atoms with E-state index in [1.807, 2.05) is 0 Å². The third-order valence-corrected chi connectivity index (χ3v) is 0. The summed E-state index contributed by atoms with van der Waals surface area (Å²) >= 11 is 2.94. The summed E-state index contributed by atoms with van der Waals surface area (Å²) in [4.78, 5) is 0. The molecule has 2 radical (unpaired) electrons. The van der Waals surface area contributed by atoms with Crippen LogP contribution in [0.25, 0.3) is 0 Å². The summed E-state index contributed by atoms with van der Waals surface area (Å²) in [6.45, 7) is 0. The van der Waals surface area contributed by atoms with E-state index in [1.54, 1.807) is 0 Å². The van der Waals surface area contributed by atoms with E-state index in [0.717, 1.165) is 0 Å². The van der Waals surface area contributed by atoms with Gasteiger partial charge in [0, 0.05) is 80.0 Å². The predicted molar refractivity (Wildman–Crippen MR) is 6.44 cm³/mol. The fourth-order valence-electron chi connectivity index (χ4n) is 0. The minimum Gasteiger partial charge on any atom is 0 e. The Morgan fingerprint density at radius 2 is 1.25 bits per heavy atom. The molecule has 0 aliphatic rings. The molecule has 0 aromatic rings. The number of hydrogen-bond acceptors (Lipinski definition) is 1. The Hall–Kier alpha value is 2.94. The van der Waals surface area contributed by atoms with E-state index in [2.05, 4.69) is 15.9 Å². The molecule has 0 bridgehead atoms. The van der Waals surface area contributed by atoms with Crippen LogP contribution < -0.4 is 0 Å². The monoisotopic (exact) mass is 455 g/mol. The Morgan fingerprint density at radius 1 is 1.25 bits per heavy atom. The average molecular weight is 455 g/mol. The molecule has 0 N–H and O–H groups in total. The number of rotatable bonds is 0. The maximum atomic E-state index is 7.81. The van der Waals surface area contributed by atoms with E-state index in [9.17, 15) is 0 Å². The molecule has 1 nitrogen and oxygen atoms in total. The largest absolute Gasteiger partial charge is 0 e. The van der Waals surface area contributed by atoms with Crippen LogP contribution in [0.4, 0.5) is 0 Å². The van der Waals surface area contributed by atoms with Gasteiger partial charge in [0.05, 0.1) is 0 Å². The molecule has 0 aliphatic carbocycles. The van der Waals surface area contributed by atoms with Gasteiger partial charge in [0.15, 0.2) is 0 Å². The van der Waals surface area contributed by atoms with Crippen LogP contribution >= 0.6 is 0 Å². The van der Waals surface area contributed by atoms with Crippen LogP contribution in [0.1, 0.15) is 0 Å². The third kappa shape index (κ3) is 8.87. The molecule has 23 valence electrons. The maximum Gasteiger partial charge on any atom is 0 e. The van der Waals surface area contributed by atoms with Crippen molar-refractivity contribution in [2.24, 2.45) is 0 Å². The first kappa shape index (κ1) is 15.8. The summed E-state index contributed by atoms with van der Waals surface area (Å²) in [7, 11) is 0. The molecule has 0 atom stereocenters. The van der Waals surface area contributed by atoms with Crippen LogP contribution in [-0.4, -0.2) is 48.9 Å². The van der Waals surface area contributed by atoms with Crippen LogP contribution in [0.5, 0.6) is 0 Å². The molecule has 0 spiro atoms. The second-order valence-corrected chi connectivity index (χ2v) is 0. The normalized spacial score (nSPS) is 1.50. The van der Waals surface area contributed by atoms with Gasteiger partial charge in [0.1, 0.15) is 0 Å². The van der Waals surface area contributed by atoms with Gasteiger partial charge in [-0.25, -0.2) is 0 Å². The van der Waals surface area contributed by atoms with Crippen LogP contribution in [-0.2, 0) is 19.8 Å². The van der Waals surface area contributed by atoms with E-state index in [1.165, 1.54) is 0 Å². The van der Waals surface area contributed by atoms with Gasteiger partial charge in [-0.2, -0.15) is 0 Å². The first-order chi connectivity index (χ1) is 1.00. The Labute approximate surface area is 97.1 Å². The summed E-state index contributed by atoms with van der Waals surface area (Å²) in [5.74, 6) is 0. The zero-order valence-electron chi connectivity index (χ0n) is 1.92. The predicted octanol–water partition coefficient (Wildman–Crippen LogP) is -0.502. The van der Waals surface area contributed by atoms with Gasteiger partial charge in [0.2, 0.25) is 0 Å². The zero-order chi connectivity index (χ0) is 2.00. The Morgan fingerprint density at radius 3 is 1.25 bits per heavy atom. The first-order valence-corrected chi connectivity index (χ1v) is 0.508. The molecule has 0 amide bonds. The molecule has 0 unspecified atom stereocenters. The second kappa shape index (κ2) is 16.8. The quantitative estimate of drug-likeness (QED) is 0.451. The van der Waals surface area contributed by atoms with Crippen molar-refractivity contribution in [1.82, 2.24) is 0 Å². The third-order valence-electron chi connectivity index (χ3n) is 0. The van der Waals surface area contributed by atoms with Crippen molar-refractivity contribution in [3.63, 3.8) is 0 Å². The molecule has 0 heterocycles. The Kier molecular flexibility index (Phi) is 66.1. The summed E-state index contributed by atoms with van der Waals surface area (Å²) < 4.78 is 7.81. The van der Waals surface area contributed by atoms with Gasteiger partial charge in [-0.1, -0.05) is 0 Å². The fraction of sp³-hybridized carbons (Fsp3) is 0. The van der Waals surface area contributed by atoms with E-state index in [4.69, 9.17) is 3.83 Å². The zero-order valence-corrected chi connectivity index (χ0v) is 11.5. The van der Waals surface area contributed by atoms with Gasteiger partial charge < -0.3 is 0 Å². The van der Waals surface area contributed by atoms with Gasteiger partial charge >= 0.3 is 19.8 Å². The van der Waals surface area contributed by atoms with Crippen LogP contribution in [0.3, 0.4) is 0 Å². The molecular formula is BaCuOU. The maximum absolute atomic E-state index is 7.81. The van der Waals surface area contributed by atoms with E-state index in [0.29, 0.717) is 0 Å². The van der Waals surface area contributed by atoms with Crippen molar-refractivity contribution in [1.29, 1.82) is 0 Å². The first-order valence-electron chi connectivity index (χ1n) is 0.123. The van der Waals surface area contributed by atoms with Crippen molar-refractivity contribution in [2.75, 3.05) is 0 Å². The molecule has 0 aromatic carbocycles. The van der Waals surface area contributed by atoms with Gasteiger partial charge in [-0.15, -0.1) is 0 Å². The van der Waals surface area contributed by atoms with Gasteiger partial charge in [-0.05, 0) is 0 Å². The van der Waals surface area contributed by atoms with Crippen molar-refractivity contribution < 1.29 is 50.9 Å². The van der Waals surface area contributed by atoms with Crippen LogP contribution in [0.15, 0.2) is 0 Å². The SMILES string of the molecule is [Ba].[O]=[Cu].[U]. The standard InChI is InChI=1S/Ba.Cu.O.U. The molecule has 4 heteroatoms. The second-order valence-electron chi connectivity index (χ2n) is 0. The van der Waals surface area contributed by atoms with E-state index >= 15 is 0 Å². The van der Waals surface area contributed by atoms with Crippen LogP contribution in [0, 0.1) is 31.1 Å².